The van der Waals surface area contributed by atoms with Gasteiger partial charge >= 0.3 is 0 Å². The van der Waals surface area contributed by atoms with Gasteiger partial charge in [-0.1, -0.05) is 18.2 Å². The second kappa shape index (κ2) is 6.75. The Kier molecular flexibility index (Phi) is 4.23. The maximum atomic E-state index is 13.1. The van der Waals surface area contributed by atoms with Crippen LogP contribution in [0.25, 0.3) is 0 Å². The third-order valence-corrected chi connectivity index (χ3v) is 6.42. The Balaban J connectivity index is 1.35. The summed E-state index contributed by atoms with van der Waals surface area (Å²) in [5, 5.41) is 0. The second-order valence-corrected chi connectivity index (χ2v) is 8.10. The Morgan fingerprint density at radius 1 is 1.15 bits per heavy atom. The zero-order chi connectivity index (χ0) is 18.3. The molecule has 1 atom stereocenters. The molecule has 5 rings (SSSR count). The van der Waals surface area contributed by atoms with Crippen LogP contribution >= 0.6 is 0 Å². The van der Waals surface area contributed by atoms with Gasteiger partial charge < -0.3 is 14.5 Å². The van der Waals surface area contributed by atoms with Gasteiger partial charge in [0, 0.05) is 49.8 Å². The molecule has 0 amide bonds. The molecule has 3 aliphatic rings. The highest BCUT2D eigenvalue weighted by Gasteiger charge is 2.45. The van der Waals surface area contributed by atoms with E-state index in [1.54, 1.807) is 0 Å². The zero-order valence-electron chi connectivity index (χ0n) is 15.5. The third kappa shape index (κ3) is 3.06. The summed E-state index contributed by atoms with van der Waals surface area (Å²) in [5.74, 6) is 0.891. The van der Waals surface area contributed by atoms with Crippen molar-refractivity contribution in [3.05, 3.63) is 48.0 Å². The van der Waals surface area contributed by atoms with E-state index in [0.717, 1.165) is 52.2 Å². The van der Waals surface area contributed by atoms with Crippen LogP contribution in [0.15, 0.2) is 36.7 Å². The van der Waals surface area contributed by atoms with Crippen LogP contribution in [-0.4, -0.2) is 49.4 Å². The van der Waals surface area contributed by atoms with Gasteiger partial charge in [0.25, 0.3) is 0 Å². The fourth-order valence-electron chi connectivity index (χ4n) is 4.97. The smallest absolute Gasteiger partial charge is 0.225 e. The van der Waals surface area contributed by atoms with Crippen molar-refractivity contribution in [3.8, 4) is 0 Å². The highest BCUT2D eigenvalue weighted by Crippen LogP contribution is 2.47. The maximum Gasteiger partial charge on any atom is 0.225 e. The predicted octanol–water partition coefficient (Wildman–Crippen LogP) is 3.01. The molecule has 4 heterocycles. The van der Waals surface area contributed by atoms with Crippen LogP contribution in [0, 0.1) is 11.7 Å². The molecule has 27 heavy (non-hydrogen) atoms. The van der Waals surface area contributed by atoms with E-state index >= 15 is 0 Å². The van der Waals surface area contributed by atoms with Crippen LogP contribution in [0.5, 0.6) is 0 Å². The van der Waals surface area contributed by atoms with E-state index in [0.29, 0.717) is 11.9 Å². The van der Waals surface area contributed by atoms with E-state index in [4.69, 9.17) is 4.74 Å². The van der Waals surface area contributed by atoms with E-state index in [1.807, 2.05) is 0 Å². The molecule has 1 aromatic carbocycles. The number of hydrogen-bond acceptors (Lipinski definition) is 5. The lowest BCUT2D eigenvalue weighted by molar-refractivity contribution is 0.186. The van der Waals surface area contributed by atoms with Crippen molar-refractivity contribution in [1.82, 2.24) is 9.97 Å². The number of hydrogen-bond donors (Lipinski definition) is 0. The van der Waals surface area contributed by atoms with Gasteiger partial charge in [0.2, 0.25) is 5.95 Å². The van der Waals surface area contributed by atoms with E-state index in [2.05, 4.69) is 44.0 Å². The quantitative estimate of drug-likeness (QED) is 0.833. The molecule has 142 valence electrons. The molecule has 1 spiro atoms. The van der Waals surface area contributed by atoms with Crippen molar-refractivity contribution >= 4 is 11.6 Å². The second-order valence-electron chi connectivity index (χ2n) is 8.10. The van der Waals surface area contributed by atoms with Crippen molar-refractivity contribution in [2.75, 3.05) is 49.2 Å². The van der Waals surface area contributed by atoms with Crippen LogP contribution in [0.4, 0.5) is 16.0 Å². The van der Waals surface area contributed by atoms with Gasteiger partial charge in [0.15, 0.2) is 5.82 Å². The fourth-order valence-corrected chi connectivity index (χ4v) is 4.97. The van der Waals surface area contributed by atoms with Gasteiger partial charge in [-0.25, -0.2) is 14.4 Å². The van der Waals surface area contributed by atoms with Crippen LogP contribution < -0.4 is 9.80 Å². The molecule has 1 aromatic heterocycles. The van der Waals surface area contributed by atoms with Gasteiger partial charge in [-0.2, -0.15) is 0 Å². The van der Waals surface area contributed by atoms with Gasteiger partial charge in [0.1, 0.15) is 0 Å². The maximum absolute atomic E-state index is 13.1. The minimum atomic E-state index is -0.386. The van der Waals surface area contributed by atoms with Crippen molar-refractivity contribution in [1.29, 1.82) is 0 Å². The first-order valence-corrected chi connectivity index (χ1v) is 9.88. The molecule has 2 saturated heterocycles. The molecule has 6 heteroatoms. The molecule has 0 saturated carbocycles. The number of fused-ring (bicyclic) bond motifs is 2. The number of ether oxygens (including phenoxy) is 1. The number of anilines is 2. The molecule has 3 aliphatic heterocycles. The van der Waals surface area contributed by atoms with Crippen LogP contribution in [0.1, 0.15) is 24.8 Å². The Hall–Kier alpha value is -2.21. The molecule has 0 aliphatic carbocycles. The third-order valence-electron chi connectivity index (χ3n) is 6.42. The lowest BCUT2D eigenvalue weighted by Gasteiger charge is -2.40. The minimum Gasteiger partial charge on any atom is -0.381 e. The lowest BCUT2D eigenvalue weighted by Crippen LogP contribution is -2.46. The molecule has 1 unspecified atom stereocenters. The molecule has 5 nitrogen and oxygen atoms in total. The molecule has 2 fully saturated rings. The summed E-state index contributed by atoms with van der Waals surface area (Å²) >= 11 is 0. The van der Waals surface area contributed by atoms with Crippen LogP contribution in [0.2, 0.25) is 0 Å². The standard InChI is InChI=1S/C21H25FN4O/c22-17-11-23-20(24-12-17)25-8-6-21(7-9-25)15-26(13-16-5-10-27-14-16)19-4-2-1-3-18(19)21/h1-4,11-12,16H,5-10,13-15H2. The summed E-state index contributed by atoms with van der Waals surface area (Å²) in [6.07, 6.45) is 5.82. The average molecular weight is 368 g/mol. The summed E-state index contributed by atoms with van der Waals surface area (Å²) < 4.78 is 18.7. The minimum absolute atomic E-state index is 0.201. The number of nitrogens with zero attached hydrogens (tertiary/aromatic N) is 4. The van der Waals surface area contributed by atoms with Crippen molar-refractivity contribution in [3.63, 3.8) is 0 Å². The topological polar surface area (TPSA) is 41.5 Å². The summed E-state index contributed by atoms with van der Waals surface area (Å²) in [6.45, 7) is 5.77. The van der Waals surface area contributed by atoms with E-state index < -0.39 is 0 Å². The van der Waals surface area contributed by atoms with Gasteiger partial charge in [-0.3, -0.25) is 0 Å². The summed E-state index contributed by atoms with van der Waals surface area (Å²) in [6, 6.07) is 8.90. The monoisotopic (exact) mass is 368 g/mol. The number of benzene rings is 1. The van der Waals surface area contributed by atoms with Crippen molar-refractivity contribution in [2.24, 2.45) is 5.92 Å². The van der Waals surface area contributed by atoms with E-state index in [9.17, 15) is 4.39 Å². The highest BCUT2D eigenvalue weighted by atomic mass is 19.1. The molecule has 2 aromatic rings. The van der Waals surface area contributed by atoms with E-state index in [-0.39, 0.29) is 11.2 Å². The number of piperidine rings is 1. The van der Waals surface area contributed by atoms with Gasteiger partial charge in [0.05, 0.1) is 19.0 Å². The number of para-hydroxylation sites is 1. The average Bonchev–Trinajstić information content (AvgIpc) is 3.31. The Labute approximate surface area is 159 Å². The number of rotatable bonds is 3. The van der Waals surface area contributed by atoms with Crippen molar-refractivity contribution in [2.45, 2.75) is 24.7 Å². The van der Waals surface area contributed by atoms with E-state index in [1.165, 1.54) is 30.1 Å². The van der Waals surface area contributed by atoms with Crippen LogP contribution in [0.3, 0.4) is 0 Å². The van der Waals surface area contributed by atoms with Gasteiger partial charge in [-0.15, -0.1) is 0 Å². The number of aromatic nitrogens is 2. The largest absolute Gasteiger partial charge is 0.381 e. The lowest BCUT2D eigenvalue weighted by atomic mass is 9.74. The molecule has 0 radical (unpaired) electrons. The molecular formula is C21H25FN4O. The first-order valence-electron chi connectivity index (χ1n) is 9.88. The SMILES string of the molecule is Fc1cnc(N2CCC3(CC2)CN(CC2CCOC2)c2ccccc23)nc1. The Bertz CT molecular complexity index is 798. The summed E-state index contributed by atoms with van der Waals surface area (Å²) in [7, 11) is 0. The predicted molar refractivity (Wildman–Crippen MR) is 103 cm³/mol. The normalized spacial score (nSPS) is 23.8. The molecule has 0 N–H and O–H groups in total. The van der Waals surface area contributed by atoms with Gasteiger partial charge in [-0.05, 0) is 30.9 Å². The zero-order valence-corrected chi connectivity index (χ0v) is 15.5. The fraction of sp³-hybridized carbons (Fsp3) is 0.524. The Morgan fingerprint density at radius 3 is 2.67 bits per heavy atom. The molecule has 0 bridgehead atoms. The first-order chi connectivity index (χ1) is 13.2. The van der Waals surface area contributed by atoms with Crippen LogP contribution in [-0.2, 0) is 10.2 Å². The summed E-state index contributed by atoms with van der Waals surface area (Å²) in [5.41, 5.74) is 3.09. The Morgan fingerprint density at radius 2 is 1.93 bits per heavy atom. The first kappa shape index (κ1) is 16.9. The highest BCUT2D eigenvalue weighted by molar-refractivity contribution is 5.63. The molecular weight excluding hydrogens is 343 g/mol. The summed E-state index contributed by atoms with van der Waals surface area (Å²) in [4.78, 5) is 13.1. The van der Waals surface area contributed by atoms with Crippen molar-refractivity contribution < 1.29 is 9.13 Å². The number of halogens is 1.